The number of amides is 1. The number of hydrogen-bond donors (Lipinski definition) is 1. The number of alkyl halides is 1. The topological polar surface area (TPSA) is 55.4 Å². The maximum atomic E-state index is 11.3. The standard InChI is InChI=1S/C9H16ClNO3/c1-4-14-8(13)11-6-9(2,3)7(12)5-10/h4-6H2,1-3H3,(H,11,13). The van der Waals surface area contributed by atoms with E-state index < -0.39 is 11.5 Å². The lowest BCUT2D eigenvalue weighted by Crippen LogP contribution is -2.39. The summed E-state index contributed by atoms with van der Waals surface area (Å²) in [7, 11) is 0. The third-order valence-electron chi connectivity index (χ3n) is 1.83. The van der Waals surface area contributed by atoms with Gasteiger partial charge >= 0.3 is 6.09 Å². The summed E-state index contributed by atoms with van der Waals surface area (Å²) < 4.78 is 4.66. The predicted octanol–water partition coefficient (Wildman–Crippen LogP) is 1.57. The smallest absolute Gasteiger partial charge is 0.407 e. The second-order valence-electron chi connectivity index (χ2n) is 3.51. The molecule has 0 atom stereocenters. The van der Waals surface area contributed by atoms with Gasteiger partial charge < -0.3 is 10.1 Å². The maximum Gasteiger partial charge on any atom is 0.407 e. The van der Waals surface area contributed by atoms with Gasteiger partial charge in [-0.15, -0.1) is 11.6 Å². The Morgan fingerprint density at radius 2 is 2.00 bits per heavy atom. The molecule has 0 rings (SSSR count). The van der Waals surface area contributed by atoms with Crippen molar-refractivity contribution in [3.63, 3.8) is 0 Å². The van der Waals surface area contributed by atoms with Gasteiger partial charge in [-0.3, -0.25) is 4.79 Å². The Morgan fingerprint density at radius 3 is 2.43 bits per heavy atom. The molecular weight excluding hydrogens is 206 g/mol. The van der Waals surface area contributed by atoms with Crippen LogP contribution >= 0.6 is 11.6 Å². The van der Waals surface area contributed by atoms with Gasteiger partial charge in [0.2, 0.25) is 0 Å². The van der Waals surface area contributed by atoms with Crippen molar-refractivity contribution in [3.8, 4) is 0 Å². The Hall–Kier alpha value is -0.770. The van der Waals surface area contributed by atoms with Gasteiger partial charge in [0.15, 0.2) is 5.78 Å². The SMILES string of the molecule is CCOC(=O)NCC(C)(C)C(=O)CCl. The third-order valence-corrected chi connectivity index (χ3v) is 2.07. The summed E-state index contributed by atoms with van der Waals surface area (Å²) in [6.07, 6.45) is -0.511. The molecule has 0 aromatic carbocycles. The molecule has 0 radical (unpaired) electrons. The van der Waals surface area contributed by atoms with Crippen LogP contribution in [-0.2, 0) is 9.53 Å². The van der Waals surface area contributed by atoms with Gasteiger partial charge in [0.25, 0.3) is 0 Å². The molecule has 1 N–H and O–H groups in total. The lowest BCUT2D eigenvalue weighted by molar-refractivity contribution is -0.124. The molecule has 0 bridgehead atoms. The molecular formula is C9H16ClNO3. The molecule has 0 aliphatic rings. The van der Waals surface area contributed by atoms with Gasteiger partial charge in [-0.05, 0) is 6.92 Å². The third kappa shape index (κ3) is 4.46. The summed E-state index contributed by atoms with van der Waals surface area (Å²) in [6, 6.07) is 0. The van der Waals surface area contributed by atoms with Crippen LogP contribution in [0, 0.1) is 5.41 Å². The molecule has 0 fully saturated rings. The number of rotatable bonds is 5. The number of carbonyl (C=O) groups is 2. The molecule has 0 aromatic rings. The predicted molar refractivity (Wildman–Crippen MR) is 54.5 cm³/mol. The molecule has 82 valence electrons. The van der Waals surface area contributed by atoms with E-state index >= 15 is 0 Å². The zero-order valence-electron chi connectivity index (χ0n) is 8.72. The highest BCUT2D eigenvalue weighted by molar-refractivity contribution is 6.28. The van der Waals surface area contributed by atoms with Crippen molar-refractivity contribution in [1.29, 1.82) is 0 Å². The highest BCUT2D eigenvalue weighted by atomic mass is 35.5. The summed E-state index contributed by atoms with van der Waals surface area (Å²) in [6.45, 7) is 5.72. The number of ketones is 1. The van der Waals surface area contributed by atoms with E-state index in [1.54, 1.807) is 20.8 Å². The Balaban J connectivity index is 3.98. The van der Waals surface area contributed by atoms with Crippen LogP contribution in [0.1, 0.15) is 20.8 Å². The molecule has 5 heteroatoms. The lowest BCUT2D eigenvalue weighted by Gasteiger charge is -2.21. The van der Waals surface area contributed by atoms with Crippen molar-refractivity contribution in [1.82, 2.24) is 5.32 Å². The summed E-state index contributed by atoms with van der Waals surface area (Å²) in [5.41, 5.74) is -0.644. The van der Waals surface area contributed by atoms with Crippen LogP contribution < -0.4 is 5.32 Å². The van der Waals surface area contributed by atoms with Gasteiger partial charge in [-0.2, -0.15) is 0 Å². The lowest BCUT2D eigenvalue weighted by atomic mass is 9.89. The number of hydrogen-bond acceptors (Lipinski definition) is 3. The van der Waals surface area contributed by atoms with Gasteiger partial charge in [-0.1, -0.05) is 13.8 Å². The largest absolute Gasteiger partial charge is 0.450 e. The molecule has 0 heterocycles. The Labute approximate surface area is 88.9 Å². The summed E-state index contributed by atoms with van der Waals surface area (Å²) in [5.74, 6) is -0.145. The zero-order valence-corrected chi connectivity index (χ0v) is 9.48. The first kappa shape index (κ1) is 13.2. The van der Waals surface area contributed by atoms with Crippen molar-refractivity contribution in [2.45, 2.75) is 20.8 Å². The molecule has 1 amide bonds. The van der Waals surface area contributed by atoms with Crippen LogP contribution in [0.25, 0.3) is 0 Å². The first-order chi connectivity index (χ1) is 6.44. The molecule has 14 heavy (non-hydrogen) atoms. The average Bonchev–Trinajstić information content (AvgIpc) is 2.14. The van der Waals surface area contributed by atoms with E-state index in [1.807, 2.05) is 0 Å². The molecule has 0 unspecified atom stereocenters. The van der Waals surface area contributed by atoms with Gasteiger partial charge in [-0.25, -0.2) is 4.79 Å². The second kappa shape index (κ2) is 5.86. The van der Waals surface area contributed by atoms with E-state index in [1.165, 1.54) is 0 Å². The van der Waals surface area contributed by atoms with Gasteiger partial charge in [0.1, 0.15) is 0 Å². The summed E-state index contributed by atoms with van der Waals surface area (Å²) in [5, 5.41) is 2.50. The molecule has 0 saturated carbocycles. The Kier molecular flexibility index (Phi) is 5.53. The van der Waals surface area contributed by atoms with E-state index in [4.69, 9.17) is 11.6 Å². The zero-order chi connectivity index (χ0) is 11.2. The fraction of sp³-hybridized carbons (Fsp3) is 0.778. The molecule has 0 aromatic heterocycles. The van der Waals surface area contributed by atoms with Crippen molar-refractivity contribution >= 4 is 23.5 Å². The Bertz CT molecular complexity index is 216. The molecule has 0 saturated heterocycles. The first-order valence-corrected chi connectivity index (χ1v) is 4.97. The monoisotopic (exact) mass is 221 g/mol. The van der Waals surface area contributed by atoms with E-state index in [2.05, 4.69) is 10.1 Å². The number of Topliss-reactive ketones (excluding diaryl/α,β-unsaturated/α-hetero) is 1. The van der Waals surface area contributed by atoms with Crippen molar-refractivity contribution < 1.29 is 14.3 Å². The van der Waals surface area contributed by atoms with Crippen LogP contribution in [0.3, 0.4) is 0 Å². The van der Waals surface area contributed by atoms with Crippen molar-refractivity contribution in [2.75, 3.05) is 19.0 Å². The van der Waals surface area contributed by atoms with Crippen LogP contribution in [0.4, 0.5) is 4.79 Å². The molecule has 0 aliphatic carbocycles. The van der Waals surface area contributed by atoms with E-state index in [0.717, 1.165) is 0 Å². The normalized spacial score (nSPS) is 10.9. The number of ether oxygens (including phenoxy) is 1. The van der Waals surface area contributed by atoms with Crippen molar-refractivity contribution in [2.24, 2.45) is 5.41 Å². The average molecular weight is 222 g/mol. The highest BCUT2D eigenvalue weighted by Gasteiger charge is 2.27. The summed E-state index contributed by atoms with van der Waals surface area (Å²) >= 11 is 5.42. The molecule has 0 spiro atoms. The fourth-order valence-corrected chi connectivity index (χ4v) is 1.12. The quantitative estimate of drug-likeness (QED) is 0.717. The van der Waals surface area contributed by atoms with Crippen molar-refractivity contribution in [3.05, 3.63) is 0 Å². The number of halogens is 1. The van der Waals surface area contributed by atoms with Crippen LogP contribution in [0.2, 0.25) is 0 Å². The minimum Gasteiger partial charge on any atom is -0.450 e. The van der Waals surface area contributed by atoms with Crippen LogP contribution in [0.15, 0.2) is 0 Å². The minimum absolute atomic E-state index is 0.0441. The number of nitrogens with one attached hydrogen (secondary N) is 1. The van der Waals surface area contributed by atoms with E-state index in [-0.39, 0.29) is 18.2 Å². The van der Waals surface area contributed by atoms with Crippen LogP contribution in [-0.4, -0.2) is 30.9 Å². The van der Waals surface area contributed by atoms with E-state index in [0.29, 0.717) is 6.61 Å². The highest BCUT2D eigenvalue weighted by Crippen LogP contribution is 2.15. The fourth-order valence-electron chi connectivity index (χ4n) is 0.755. The first-order valence-electron chi connectivity index (χ1n) is 4.44. The van der Waals surface area contributed by atoms with E-state index in [9.17, 15) is 9.59 Å². The van der Waals surface area contributed by atoms with Gasteiger partial charge in [0.05, 0.1) is 12.5 Å². The Morgan fingerprint density at radius 1 is 1.43 bits per heavy atom. The maximum absolute atomic E-state index is 11.3. The van der Waals surface area contributed by atoms with Gasteiger partial charge in [0, 0.05) is 12.0 Å². The number of carbonyl (C=O) groups excluding carboxylic acids is 2. The second-order valence-corrected chi connectivity index (χ2v) is 3.78. The molecule has 0 aliphatic heterocycles. The molecule has 4 nitrogen and oxygen atoms in total. The van der Waals surface area contributed by atoms with Crippen LogP contribution in [0.5, 0.6) is 0 Å². The minimum atomic E-state index is -0.644. The summed E-state index contributed by atoms with van der Waals surface area (Å²) in [4.78, 5) is 22.2. The number of alkyl carbamates (subject to hydrolysis) is 1.